The van der Waals surface area contributed by atoms with Crippen molar-refractivity contribution in [3.05, 3.63) is 64.2 Å². The lowest BCUT2D eigenvalue weighted by Crippen LogP contribution is -2.23. The molecule has 2 aromatic carbocycles. The van der Waals surface area contributed by atoms with Crippen molar-refractivity contribution in [1.29, 1.82) is 0 Å². The number of hydrogen-bond donors (Lipinski definition) is 2. The van der Waals surface area contributed by atoms with Gasteiger partial charge in [0.15, 0.2) is 0 Å². The van der Waals surface area contributed by atoms with Gasteiger partial charge in [-0.25, -0.2) is 0 Å². The first-order valence-electron chi connectivity index (χ1n) is 7.24. The average molecular weight is 282 g/mol. The molecule has 0 aliphatic carbocycles. The normalized spacial score (nSPS) is 10.4. The second kappa shape index (κ2) is 6.44. The predicted molar refractivity (Wildman–Crippen MR) is 87.3 cm³/mol. The van der Waals surface area contributed by atoms with Gasteiger partial charge in [0.2, 0.25) is 0 Å². The molecule has 0 spiro atoms. The number of anilines is 1. The second-order valence-electron chi connectivity index (χ2n) is 5.38. The third-order valence-corrected chi connectivity index (χ3v) is 3.74. The van der Waals surface area contributed by atoms with Gasteiger partial charge in [-0.05, 0) is 48.6 Å². The Morgan fingerprint density at radius 2 is 1.67 bits per heavy atom. The fraction of sp³-hybridized carbons (Fsp3) is 0.278. The Kier molecular flexibility index (Phi) is 4.63. The summed E-state index contributed by atoms with van der Waals surface area (Å²) in [5.74, 6) is -0.0845. The van der Waals surface area contributed by atoms with Gasteiger partial charge >= 0.3 is 0 Å². The van der Waals surface area contributed by atoms with E-state index in [1.165, 1.54) is 5.56 Å². The number of nitrogen functional groups attached to an aromatic ring is 1. The highest BCUT2D eigenvalue weighted by molar-refractivity contribution is 5.96. The van der Waals surface area contributed by atoms with Gasteiger partial charge in [0.25, 0.3) is 5.91 Å². The molecule has 110 valence electrons. The third kappa shape index (κ3) is 3.63. The summed E-state index contributed by atoms with van der Waals surface area (Å²) in [6.07, 6.45) is 1.02. The lowest BCUT2D eigenvalue weighted by atomic mass is 10.0. The first-order chi connectivity index (χ1) is 10.0. The zero-order valence-electron chi connectivity index (χ0n) is 12.9. The zero-order valence-corrected chi connectivity index (χ0v) is 12.9. The zero-order chi connectivity index (χ0) is 15.4. The van der Waals surface area contributed by atoms with Crippen LogP contribution < -0.4 is 11.1 Å². The van der Waals surface area contributed by atoms with Crippen molar-refractivity contribution in [3.63, 3.8) is 0 Å². The van der Waals surface area contributed by atoms with Crippen molar-refractivity contribution >= 4 is 11.6 Å². The number of rotatable bonds is 4. The van der Waals surface area contributed by atoms with Crippen LogP contribution in [0.2, 0.25) is 0 Å². The number of amides is 1. The summed E-state index contributed by atoms with van der Waals surface area (Å²) < 4.78 is 0. The number of benzene rings is 2. The van der Waals surface area contributed by atoms with E-state index in [2.05, 4.69) is 36.5 Å². The molecular weight excluding hydrogens is 260 g/mol. The van der Waals surface area contributed by atoms with Crippen molar-refractivity contribution in [1.82, 2.24) is 5.32 Å². The summed E-state index contributed by atoms with van der Waals surface area (Å²) in [7, 11) is 0. The Labute approximate surface area is 126 Å². The van der Waals surface area contributed by atoms with E-state index in [9.17, 15) is 4.79 Å². The van der Waals surface area contributed by atoms with E-state index in [1.807, 2.05) is 19.9 Å². The summed E-state index contributed by atoms with van der Waals surface area (Å²) in [5.41, 5.74) is 11.5. The fourth-order valence-corrected chi connectivity index (χ4v) is 2.28. The summed E-state index contributed by atoms with van der Waals surface area (Å²) in [6, 6.07) is 12.0. The van der Waals surface area contributed by atoms with Crippen LogP contribution in [0.15, 0.2) is 36.4 Å². The van der Waals surface area contributed by atoms with Crippen molar-refractivity contribution in [2.24, 2.45) is 0 Å². The van der Waals surface area contributed by atoms with Crippen LogP contribution in [-0.4, -0.2) is 5.91 Å². The minimum Gasteiger partial charge on any atom is -0.398 e. The first kappa shape index (κ1) is 15.1. The predicted octanol–water partition coefficient (Wildman–Crippen LogP) is 3.38. The Balaban J connectivity index is 2.06. The molecule has 21 heavy (non-hydrogen) atoms. The maximum atomic E-state index is 12.3. The molecule has 0 aromatic heterocycles. The summed E-state index contributed by atoms with van der Waals surface area (Å²) in [6.45, 7) is 6.52. The lowest BCUT2D eigenvalue weighted by Gasteiger charge is -2.10. The largest absolute Gasteiger partial charge is 0.398 e. The van der Waals surface area contributed by atoms with Crippen LogP contribution in [0.4, 0.5) is 5.69 Å². The van der Waals surface area contributed by atoms with E-state index in [4.69, 9.17) is 5.73 Å². The molecule has 0 saturated carbocycles. The van der Waals surface area contributed by atoms with E-state index < -0.39 is 0 Å². The summed E-state index contributed by atoms with van der Waals surface area (Å²) in [5, 5.41) is 2.95. The molecule has 0 aliphatic heterocycles. The van der Waals surface area contributed by atoms with Crippen LogP contribution in [0.25, 0.3) is 0 Å². The van der Waals surface area contributed by atoms with Crippen LogP contribution in [0.3, 0.4) is 0 Å². The minimum atomic E-state index is -0.0845. The number of nitrogens with one attached hydrogen (secondary N) is 1. The number of aryl methyl sites for hydroxylation is 3. The monoisotopic (exact) mass is 282 g/mol. The van der Waals surface area contributed by atoms with Crippen molar-refractivity contribution in [2.75, 3.05) is 5.73 Å². The summed E-state index contributed by atoms with van der Waals surface area (Å²) in [4.78, 5) is 12.3. The topological polar surface area (TPSA) is 55.1 Å². The molecule has 3 N–H and O–H groups in total. The Morgan fingerprint density at radius 3 is 2.29 bits per heavy atom. The maximum Gasteiger partial charge on any atom is 0.251 e. The van der Waals surface area contributed by atoms with Gasteiger partial charge in [0.1, 0.15) is 0 Å². The van der Waals surface area contributed by atoms with Gasteiger partial charge in [-0.3, -0.25) is 4.79 Å². The van der Waals surface area contributed by atoms with Crippen LogP contribution >= 0.6 is 0 Å². The average Bonchev–Trinajstić information content (AvgIpc) is 2.49. The van der Waals surface area contributed by atoms with E-state index in [0.29, 0.717) is 17.8 Å². The van der Waals surface area contributed by atoms with Crippen LogP contribution in [0.1, 0.15) is 39.5 Å². The Morgan fingerprint density at radius 1 is 1.05 bits per heavy atom. The van der Waals surface area contributed by atoms with Crippen LogP contribution in [-0.2, 0) is 13.0 Å². The second-order valence-corrected chi connectivity index (χ2v) is 5.38. The highest BCUT2D eigenvalue weighted by atomic mass is 16.1. The molecule has 0 aliphatic rings. The summed E-state index contributed by atoms with van der Waals surface area (Å²) >= 11 is 0. The molecule has 0 unspecified atom stereocenters. The maximum absolute atomic E-state index is 12.3. The Hall–Kier alpha value is -2.29. The smallest absolute Gasteiger partial charge is 0.251 e. The van der Waals surface area contributed by atoms with E-state index in [1.54, 1.807) is 6.07 Å². The van der Waals surface area contributed by atoms with Gasteiger partial charge in [-0.1, -0.05) is 37.3 Å². The van der Waals surface area contributed by atoms with Crippen molar-refractivity contribution in [3.8, 4) is 0 Å². The molecule has 1 amide bonds. The van der Waals surface area contributed by atoms with Crippen LogP contribution in [0.5, 0.6) is 0 Å². The van der Waals surface area contributed by atoms with E-state index >= 15 is 0 Å². The lowest BCUT2D eigenvalue weighted by molar-refractivity contribution is 0.0950. The Bertz CT molecular complexity index is 645. The molecule has 3 heteroatoms. The molecule has 0 radical (unpaired) electrons. The molecule has 3 nitrogen and oxygen atoms in total. The molecule has 0 atom stereocenters. The third-order valence-electron chi connectivity index (χ3n) is 3.74. The fourth-order valence-electron chi connectivity index (χ4n) is 2.28. The van der Waals surface area contributed by atoms with Gasteiger partial charge in [0, 0.05) is 17.8 Å². The molecule has 0 saturated heterocycles. The molecule has 0 heterocycles. The SMILES string of the molecule is CCc1ccc(CNC(=O)c2cc(N)c(C)cc2C)cc1. The van der Waals surface area contributed by atoms with Crippen LogP contribution in [0, 0.1) is 13.8 Å². The number of hydrogen-bond acceptors (Lipinski definition) is 2. The highest BCUT2D eigenvalue weighted by Gasteiger charge is 2.10. The van der Waals surface area contributed by atoms with Gasteiger partial charge < -0.3 is 11.1 Å². The number of nitrogens with two attached hydrogens (primary N) is 1. The standard InChI is InChI=1S/C18H22N2O/c1-4-14-5-7-15(8-6-14)11-20-18(21)16-10-17(19)13(3)9-12(16)2/h5-10H,4,11,19H2,1-3H3,(H,20,21). The van der Waals surface area contributed by atoms with E-state index in [-0.39, 0.29) is 5.91 Å². The van der Waals surface area contributed by atoms with Gasteiger partial charge in [-0.15, -0.1) is 0 Å². The van der Waals surface area contributed by atoms with Crippen molar-refractivity contribution in [2.45, 2.75) is 33.7 Å². The number of carbonyl (C=O) groups excluding carboxylic acids is 1. The first-order valence-corrected chi connectivity index (χ1v) is 7.24. The molecule has 2 aromatic rings. The molecule has 0 fully saturated rings. The molecule has 0 bridgehead atoms. The number of carbonyl (C=O) groups is 1. The van der Waals surface area contributed by atoms with Gasteiger partial charge in [0.05, 0.1) is 0 Å². The van der Waals surface area contributed by atoms with E-state index in [0.717, 1.165) is 23.1 Å². The molecule has 2 rings (SSSR count). The van der Waals surface area contributed by atoms with Crippen molar-refractivity contribution < 1.29 is 4.79 Å². The molecular formula is C18H22N2O. The van der Waals surface area contributed by atoms with Gasteiger partial charge in [-0.2, -0.15) is 0 Å². The quantitative estimate of drug-likeness (QED) is 0.845. The highest BCUT2D eigenvalue weighted by Crippen LogP contribution is 2.17. The minimum absolute atomic E-state index is 0.0845.